The van der Waals surface area contributed by atoms with Crippen molar-refractivity contribution in [1.82, 2.24) is 10.2 Å². The number of aliphatic imine (C=N–C) groups is 1. The first kappa shape index (κ1) is 16.1. The summed E-state index contributed by atoms with van der Waals surface area (Å²) >= 11 is 0. The van der Waals surface area contributed by atoms with Gasteiger partial charge in [-0.15, -0.1) is 0 Å². The van der Waals surface area contributed by atoms with Gasteiger partial charge in [0.1, 0.15) is 6.17 Å². The molecule has 26 heavy (non-hydrogen) atoms. The summed E-state index contributed by atoms with van der Waals surface area (Å²) in [4.78, 5) is 18.1. The molecule has 0 aliphatic carbocycles. The highest BCUT2D eigenvalue weighted by molar-refractivity contribution is 5.80. The zero-order valence-electron chi connectivity index (χ0n) is 14.4. The Morgan fingerprint density at radius 1 is 1.12 bits per heavy atom. The predicted molar refractivity (Wildman–Crippen MR) is 101 cm³/mol. The Morgan fingerprint density at radius 2 is 1.81 bits per heavy atom. The number of hydrogen-bond acceptors (Lipinski definition) is 5. The van der Waals surface area contributed by atoms with Gasteiger partial charge < -0.3 is 10.1 Å². The molecule has 0 radical (unpaired) electrons. The van der Waals surface area contributed by atoms with Gasteiger partial charge in [0, 0.05) is 31.3 Å². The number of ether oxygens (including phenoxy) is 1. The molecule has 1 N–H and O–H groups in total. The number of esters is 1. The van der Waals surface area contributed by atoms with Gasteiger partial charge in [0.05, 0.1) is 11.4 Å². The van der Waals surface area contributed by atoms with Crippen LogP contribution in [0.5, 0.6) is 0 Å². The van der Waals surface area contributed by atoms with E-state index in [1.54, 1.807) is 0 Å². The highest BCUT2D eigenvalue weighted by Crippen LogP contribution is 2.30. The molecule has 1 unspecified atom stereocenters. The fraction of sp³-hybridized carbons (Fsp3) is 0.143. The van der Waals surface area contributed by atoms with Gasteiger partial charge in [-0.1, -0.05) is 60.7 Å². The molecule has 0 saturated carbocycles. The Morgan fingerprint density at radius 3 is 2.50 bits per heavy atom. The second kappa shape index (κ2) is 6.88. The largest absolute Gasteiger partial charge is 0.407 e. The van der Waals surface area contributed by atoms with Crippen LogP contribution in [-0.2, 0) is 16.0 Å². The van der Waals surface area contributed by atoms with Gasteiger partial charge in [-0.25, -0.2) is 0 Å². The first-order valence-electron chi connectivity index (χ1n) is 8.52. The van der Waals surface area contributed by atoms with E-state index >= 15 is 0 Å². The first-order valence-corrected chi connectivity index (χ1v) is 8.52. The molecule has 4 rings (SSSR count). The number of hydrogen-bond donors (Lipinski definition) is 1. The van der Waals surface area contributed by atoms with Crippen molar-refractivity contribution in [3.05, 3.63) is 89.6 Å². The molecule has 2 aliphatic rings. The third-order valence-electron chi connectivity index (χ3n) is 4.26. The molecule has 0 spiro atoms. The zero-order chi connectivity index (χ0) is 17.9. The van der Waals surface area contributed by atoms with Crippen molar-refractivity contribution in [3.8, 4) is 0 Å². The van der Waals surface area contributed by atoms with E-state index in [9.17, 15) is 4.79 Å². The number of carbonyl (C=O) groups is 1. The zero-order valence-corrected chi connectivity index (χ0v) is 14.4. The Bertz CT molecular complexity index is 901. The first-order chi connectivity index (χ1) is 12.7. The molecule has 5 heteroatoms. The number of fused-ring (bicyclic) bond motifs is 1. The molecular formula is C21H19N3O2. The van der Waals surface area contributed by atoms with Crippen LogP contribution < -0.4 is 5.32 Å². The van der Waals surface area contributed by atoms with Crippen molar-refractivity contribution < 1.29 is 9.53 Å². The lowest BCUT2D eigenvalue weighted by Crippen LogP contribution is -2.38. The van der Waals surface area contributed by atoms with Crippen LogP contribution in [0.4, 0.5) is 0 Å². The quantitative estimate of drug-likeness (QED) is 0.864. The van der Waals surface area contributed by atoms with Crippen LogP contribution in [0.25, 0.3) is 5.70 Å². The summed E-state index contributed by atoms with van der Waals surface area (Å²) in [6.45, 7) is 1.42. The van der Waals surface area contributed by atoms with E-state index in [1.165, 1.54) is 6.92 Å². The fourth-order valence-corrected chi connectivity index (χ4v) is 3.09. The molecule has 1 atom stereocenters. The van der Waals surface area contributed by atoms with Crippen LogP contribution in [-0.4, -0.2) is 23.2 Å². The molecule has 0 aromatic heterocycles. The lowest BCUT2D eigenvalue weighted by Gasteiger charge is -2.25. The van der Waals surface area contributed by atoms with E-state index in [0.29, 0.717) is 12.3 Å². The smallest absolute Gasteiger partial charge is 0.309 e. The molecule has 0 fully saturated rings. The minimum absolute atomic E-state index is 0.157. The Kier molecular flexibility index (Phi) is 4.27. The van der Waals surface area contributed by atoms with Gasteiger partial charge in [-0.05, 0) is 5.56 Å². The van der Waals surface area contributed by atoms with Gasteiger partial charge in [-0.3, -0.25) is 14.7 Å². The lowest BCUT2D eigenvalue weighted by atomic mass is 10.1. The average Bonchev–Trinajstić information content (AvgIpc) is 2.99. The Hall–Kier alpha value is -3.34. The minimum Gasteiger partial charge on any atom is -0.407 e. The Labute approximate surface area is 152 Å². The predicted octanol–water partition coefficient (Wildman–Crippen LogP) is 3.28. The van der Waals surface area contributed by atoms with Crippen molar-refractivity contribution in [3.63, 3.8) is 0 Å². The molecule has 2 aliphatic heterocycles. The van der Waals surface area contributed by atoms with E-state index in [0.717, 1.165) is 22.5 Å². The highest BCUT2D eigenvalue weighted by atomic mass is 16.6. The second-order valence-electron chi connectivity index (χ2n) is 6.19. The van der Waals surface area contributed by atoms with E-state index in [2.05, 4.69) is 22.4 Å². The molecule has 2 aromatic carbocycles. The number of benzene rings is 2. The second-order valence-corrected chi connectivity index (χ2v) is 6.19. The summed E-state index contributed by atoms with van der Waals surface area (Å²) in [6, 6.07) is 20.0. The van der Waals surface area contributed by atoms with Crippen LogP contribution in [0.2, 0.25) is 0 Å². The number of carbonyl (C=O) groups excluding carboxylic acids is 1. The summed E-state index contributed by atoms with van der Waals surface area (Å²) in [5.41, 5.74) is 3.85. The van der Waals surface area contributed by atoms with Crippen molar-refractivity contribution in [1.29, 1.82) is 0 Å². The lowest BCUT2D eigenvalue weighted by molar-refractivity contribution is -0.138. The van der Waals surface area contributed by atoms with Crippen LogP contribution >= 0.6 is 0 Å². The molecule has 2 aromatic rings. The van der Waals surface area contributed by atoms with Crippen molar-refractivity contribution in [2.24, 2.45) is 4.99 Å². The maximum absolute atomic E-state index is 11.7. The molecule has 0 bridgehead atoms. The topological polar surface area (TPSA) is 53.9 Å². The summed E-state index contributed by atoms with van der Waals surface area (Å²) in [5.74, 6) is 0.191. The summed E-state index contributed by atoms with van der Waals surface area (Å²) in [6.07, 6.45) is 4.25. The molecule has 0 saturated heterocycles. The van der Waals surface area contributed by atoms with Gasteiger partial charge in [0.25, 0.3) is 0 Å². The summed E-state index contributed by atoms with van der Waals surface area (Å²) < 4.78 is 5.55. The average molecular weight is 345 g/mol. The van der Waals surface area contributed by atoms with Crippen LogP contribution in [0.15, 0.2) is 83.4 Å². The number of nitrogens with zero attached hydrogens (tertiary/aromatic N) is 2. The van der Waals surface area contributed by atoms with E-state index in [-0.39, 0.29) is 12.1 Å². The van der Waals surface area contributed by atoms with Crippen LogP contribution in [0, 0.1) is 0 Å². The number of nitrogens with one attached hydrogen (secondary N) is 1. The number of rotatable bonds is 4. The SMILES string of the molecule is CC(=O)OC1=C(Cc2ccccc2)NC2C=NC(c3ccccc3)=CN12. The van der Waals surface area contributed by atoms with Crippen molar-refractivity contribution in [2.75, 3.05) is 0 Å². The normalized spacial score (nSPS) is 18.3. The fourth-order valence-electron chi connectivity index (χ4n) is 3.09. The standard InChI is InChI=1S/C21H19N3O2/c1-15(25)26-21-18(12-16-8-4-2-5-9-16)23-20-13-22-19(14-24(20)21)17-10-6-3-7-11-17/h2-11,13-14,20,23H,12H2,1H3. The van der Waals surface area contributed by atoms with Crippen molar-refractivity contribution >= 4 is 17.9 Å². The van der Waals surface area contributed by atoms with Crippen LogP contribution in [0.1, 0.15) is 18.1 Å². The minimum atomic E-state index is -0.342. The Balaban J connectivity index is 1.68. The van der Waals surface area contributed by atoms with Gasteiger partial charge >= 0.3 is 5.97 Å². The third-order valence-corrected chi connectivity index (χ3v) is 4.26. The number of allylic oxidation sites excluding steroid dienone is 1. The van der Waals surface area contributed by atoms with Gasteiger partial charge in [0.2, 0.25) is 5.88 Å². The van der Waals surface area contributed by atoms with Gasteiger partial charge in [-0.2, -0.15) is 0 Å². The monoisotopic (exact) mass is 345 g/mol. The maximum atomic E-state index is 11.7. The van der Waals surface area contributed by atoms with E-state index < -0.39 is 0 Å². The third kappa shape index (κ3) is 3.24. The summed E-state index contributed by atoms with van der Waals surface area (Å²) in [5, 5.41) is 3.40. The van der Waals surface area contributed by atoms with Gasteiger partial charge in [0.15, 0.2) is 0 Å². The molecule has 0 amide bonds. The highest BCUT2D eigenvalue weighted by Gasteiger charge is 2.33. The maximum Gasteiger partial charge on any atom is 0.309 e. The molecule has 130 valence electrons. The summed E-state index contributed by atoms with van der Waals surface area (Å²) in [7, 11) is 0. The molecular weight excluding hydrogens is 326 g/mol. The van der Waals surface area contributed by atoms with E-state index in [4.69, 9.17) is 4.74 Å². The molecule has 5 nitrogen and oxygen atoms in total. The molecule has 2 heterocycles. The van der Waals surface area contributed by atoms with Crippen LogP contribution in [0.3, 0.4) is 0 Å². The van der Waals surface area contributed by atoms with E-state index in [1.807, 2.05) is 65.8 Å². The van der Waals surface area contributed by atoms with Crippen molar-refractivity contribution in [2.45, 2.75) is 19.5 Å².